The summed E-state index contributed by atoms with van der Waals surface area (Å²) in [4.78, 5) is 26.4. The van der Waals surface area contributed by atoms with Crippen LogP contribution >= 0.6 is 23.2 Å². The molecule has 0 aliphatic carbocycles. The van der Waals surface area contributed by atoms with Gasteiger partial charge in [0.15, 0.2) is 0 Å². The zero-order valence-corrected chi connectivity index (χ0v) is 18.9. The number of benzene rings is 3. The van der Waals surface area contributed by atoms with E-state index in [1.807, 2.05) is 19.1 Å². The number of carbonyl (C=O) groups is 1. The highest BCUT2D eigenvalue weighted by Crippen LogP contribution is 2.29. The van der Waals surface area contributed by atoms with Crippen LogP contribution in [0.2, 0.25) is 10.0 Å². The zero-order chi connectivity index (χ0) is 22.8. The van der Waals surface area contributed by atoms with Crippen LogP contribution in [0.1, 0.15) is 21.6 Å². The molecule has 3 aromatic carbocycles. The van der Waals surface area contributed by atoms with E-state index < -0.39 is 0 Å². The lowest BCUT2D eigenvalue weighted by molar-refractivity contribution is 0.102. The molecule has 0 fully saturated rings. The molecule has 4 aromatic rings. The van der Waals surface area contributed by atoms with E-state index in [4.69, 9.17) is 23.2 Å². The van der Waals surface area contributed by atoms with Crippen molar-refractivity contribution < 1.29 is 4.79 Å². The number of hydrogen-bond acceptors (Lipinski definition) is 3. The molecule has 0 bridgehead atoms. The van der Waals surface area contributed by atoms with Crippen molar-refractivity contribution >= 4 is 34.9 Å². The quantitative estimate of drug-likeness (QED) is 0.399. The largest absolute Gasteiger partial charge is 0.306 e. The van der Waals surface area contributed by atoms with Gasteiger partial charge in [-0.2, -0.15) is 5.10 Å². The Morgan fingerprint density at radius 1 is 0.906 bits per heavy atom. The van der Waals surface area contributed by atoms with Crippen LogP contribution in [0.25, 0.3) is 16.8 Å². The van der Waals surface area contributed by atoms with Crippen LogP contribution in [-0.4, -0.2) is 15.7 Å². The molecular weight excluding hydrogens is 445 g/mol. The Morgan fingerprint density at radius 3 is 2.31 bits per heavy atom. The first-order valence-corrected chi connectivity index (χ1v) is 10.6. The average Bonchev–Trinajstić information content (AvgIpc) is 2.77. The van der Waals surface area contributed by atoms with Crippen LogP contribution in [-0.2, 0) is 0 Å². The number of aromatic nitrogens is 2. The minimum Gasteiger partial charge on any atom is -0.306 e. The van der Waals surface area contributed by atoms with E-state index in [9.17, 15) is 9.59 Å². The minimum absolute atomic E-state index is 0.249. The summed E-state index contributed by atoms with van der Waals surface area (Å²) in [5.41, 5.74) is 2.84. The third kappa shape index (κ3) is 4.31. The van der Waals surface area contributed by atoms with Crippen LogP contribution in [0.15, 0.2) is 77.6 Å². The number of carbonyl (C=O) groups excluding carboxylic acids is 1. The van der Waals surface area contributed by atoms with Gasteiger partial charge in [0.25, 0.3) is 5.91 Å². The number of hydrogen-bond donors (Lipinski definition) is 1. The van der Waals surface area contributed by atoms with Gasteiger partial charge in [0, 0.05) is 15.6 Å². The summed E-state index contributed by atoms with van der Waals surface area (Å²) in [7, 11) is 0. The van der Waals surface area contributed by atoms with Crippen LogP contribution in [0.3, 0.4) is 0 Å². The molecule has 0 saturated heterocycles. The molecule has 0 spiro atoms. The van der Waals surface area contributed by atoms with Crippen molar-refractivity contribution in [2.45, 2.75) is 13.8 Å². The zero-order valence-electron chi connectivity index (χ0n) is 17.4. The highest BCUT2D eigenvalue weighted by atomic mass is 35.5. The molecule has 5 nitrogen and oxygen atoms in total. The van der Waals surface area contributed by atoms with Crippen molar-refractivity contribution in [2.24, 2.45) is 0 Å². The molecule has 0 unspecified atom stereocenters. The molecule has 0 aliphatic rings. The van der Waals surface area contributed by atoms with E-state index >= 15 is 0 Å². The van der Waals surface area contributed by atoms with Gasteiger partial charge in [0.05, 0.1) is 11.3 Å². The maximum atomic E-state index is 13.2. The van der Waals surface area contributed by atoms with E-state index in [1.54, 1.807) is 67.6 Å². The Kier molecular flexibility index (Phi) is 6.12. The third-order valence-corrected chi connectivity index (χ3v) is 5.55. The van der Waals surface area contributed by atoms with E-state index in [0.29, 0.717) is 32.4 Å². The summed E-state index contributed by atoms with van der Waals surface area (Å²) < 4.78 is 1.53. The van der Waals surface area contributed by atoms with Crippen molar-refractivity contribution in [3.05, 3.63) is 110 Å². The first kappa shape index (κ1) is 21.8. The van der Waals surface area contributed by atoms with Crippen LogP contribution in [0.4, 0.5) is 5.82 Å². The van der Waals surface area contributed by atoms with Gasteiger partial charge in [-0.3, -0.25) is 9.59 Å². The number of amides is 1. The molecule has 1 N–H and O–H groups in total. The maximum Gasteiger partial charge on any atom is 0.257 e. The summed E-state index contributed by atoms with van der Waals surface area (Å²) in [6.07, 6.45) is 0. The van der Waals surface area contributed by atoms with Gasteiger partial charge in [-0.25, -0.2) is 4.68 Å². The second-order valence-corrected chi connectivity index (χ2v) is 8.18. The number of anilines is 1. The van der Waals surface area contributed by atoms with Gasteiger partial charge in [0.1, 0.15) is 11.5 Å². The van der Waals surface area contributed by atoms with Gasteiger partial charge >= 0.3 is 0 Å². The lowest BCUT2D eigenvalue weighted by atomic mass is 10.0. The van der Waals surface area contributed by atoms with Crippen molar-refractivity contribution in [3.8, 4) is 16.8 Å². The summed E-state index contributed by atoms with van der Waals surface area (Å²) in [5, 5.41) is 8.43. The lowest BCUT2D eigenvalue weighted by Gasteiger charge is -2.19. The number of halogens is 2. The number of rotatable bonds is 4. The third-order valence-electron chi connectivity index (χ3n) is 5.06. The minimum atomic E-state index is -0.348. The molecule has 1 amide bonds. The molecule has 0 radical (unpaired) electrons. The highest BCUT2D eigenvalue weighted by molar-refractivity contribution is 6.31. The first-order chi connectivity index (χ1) is 15.3. The fourth-order valence-corrected chi connectivity index (χ4v) is 3.75. The predicted molar refractivity (Wildman–Crippen MR) is 129 cm³/mol. The number of nitrogens with one attached hydrogen (secondary N) is 1. The van der Waals surface area contributed by atoms with Gasteiger partial charge in [0.2, 0.25) is 5.43 Å². The van der Waals surface area contributed by atoms with E-state index in [-0.39, 0.29) is 22.8 Å². The molecule has 1 heterocycles. The maximum absolute atomic E-state index is 13.2. The Bertz CT molecular complexity index is 1380. The molecular formula is C25H19Cl2N3O2. The van der Waals surface area contributed by atoms with Crippen molar-refractivity contribution in [2.75, 3.05) is 5.32 Å². The summed E-state index contributed by atoms with van der Waals surface area (Å²) in [6, 6.07) is 21.2. The molecule has 1 aromatic heterocycles. The molecule has 0 saturated carbocycles. The van der Waals surface area contributed by atoms with Crippen LogP contribution in [0.5, 0.6) is 0 Å². The summed E-state index contributed by atoms with van der Waals surface area (Å²) in [6.45, 7) is 3.49. The van der Waals surface area contributed by atoms with E-state index in [0.717, 1.165) is 5.56 Å². The predicted octanol–water partition coefficient (Wildman–Crippen LogP) is 6.08. The Labute approximate surface area is 195 Å². The normalized spacial score (nSPS) is 10.8. The molecule has 0 atom stereocenters. The van der Waals surface area contributed by atoms with E-state index in [2.05, 4.69) is 10.4 Å². The SMILES string of the molecule is Cc1ccccc1C(=O)Nc1c(-c2ccc(Cl)cc2)c(=O)c(C)nn1-c1cccc(Cl)c1. The van der Waals surface area contributed by atoms with Gasteiger partial charge in [-0.1, -0.05) is 59.6 Å². The van der Waals surface area contributed by atoms with Gasteiger partial charge in [-0.15, -0.1) is 0 Å². The fourth-order valence-electron chi connectivity index (χ4n) is 3.44. The summed E-state index contributed by atoms with van der Waals surface area (Å²) >= 11 is 12.3. The number of nitrogens with zero attached hydrogens (tertiary/aromatic N) is 2. The smallest absolute Gasteiger partial charge is 0.257 e. The molecule has 32 heavy (non-hydrogen) atoms. The second kappa shape index (κ2) is 8.99. The molecule has 0 aliphatic heterocycles. The highest BCUT2D eigenvalue weighted by Gasteiger charge is 2.21. The number of aryl methyl sites for hydroxylation is 2. The fraction of sp³-hybridized carbons (Fsp3) is 0.0800. The first-order valence-electron chi connectivity index (χ1n) is 9.88. The summed E-state index contributed by atoms with van der Waals surface area (Å²) in [5.74, 6) is -0.0995. The topological polar surface area (TPSA) is 64.0 Å². The Morgan fingerprint density at radius 2 is 1.62 bits per heavy atom. The van der Waals surface area contributed by atoms with Crippen molar-refractivity contribution in [3.63, 3.8) is 0 Å². The van der Waals surface area contributed by atoms with Crippen LogP contribution in [0, 0.1) is 13.8 Å². The van der Waals surface area contributed by atoms with E-state index in [1.165, 1.54) is 4.68 Å². The lowest BCUT2D eigenvalue weighted by Crippen LogP contribution is -2.25. The van der Waals surface area contributed by atoms with Gasteiger partial charge < -0.3 is 5.32 Å². The average molecular weight is 464 g/mol. The van der Waals surface area contributed by atoms with Gasteiger partial charge in [-0.05, 0) is 61.4 Å². The molecule has 160 valence electrons. The van der Waals surface area contributed by atoms with Crippen molar-refractivity contribution in [1.29, 1.82) is 0 Å². The second-order valence-electron chi connectivity index (χ2n) is 7.31. The Balaban J connectivity index is 1.98. The monoisotopic (exact) mass is 463 g/mol. The van der Waals surface area contributed by atoms with Crippen LogP contribution < -0.4 is 10.7 Å². The van der Waals surface area contributed by atoms with Crippen molar-refractivity contribution in [1.82, 2.24) is 9.78 Å². The Hall–Kier alpha value is -3.41. The molecule has 4 rings (SSSR count). The standard InChI is InChI=1S/C25H19Cl2N3O2/c1-15-6-3-4-9-21(15)25(32)28-24-22(17-10-12-18(26)13-11-17)23(31)16(2)29-30(24)20-8-5-7-19(27)14-20/h3-14H,1-2H3,(H,28,32). The molecule has 7 heteroatoms.